The zero-order valence-electron chi connectivity index (χ0n) is 16.3. The molecule has 4 rings (SSSR count). The largest absolute Gasteiger partial charge is 0.264 e. The minimum Gasteiger partial charge on any atom is -0.262 e. The first kappa shape index (κ1) is 19.2. The summed E-state index contributed by atoms with van der Waals surface area (Å²) in [5.74, 6) is 0. The van der Waals surface area contributed by atoms with Crippen molar-refractivity contribution >= 4 is 15.6 Å². The Morgan fingerprint density at radius 3 is 2.10 bits per heavy atom. The van der Waals surface area contributed by atoms with Gasteiger partial charge >= 0.3 is 0 Å². The van der Waals surface area contributed by atoms with Gasteiger partial charge < -0.3 is 0 Å². The normalized spacial score (nSPS) is 16.9. The number of nitrogens with zero attached hydrogens (tertiary/aromatic N) is 1. The fourth-order valence-electron chi connectivity index (χ4n) is 3.50. The Hall–Kier alpha value is -3.11. The summed E-state index contributed by atoms with van der Waals surface area (Å²) in [5.41, 5.74) is 3.95. The molecule has 0 radical (unpaired) electrons. The highest BCUT2D eigenvalue weighted by molar-refractivity contribution is 7.89. The third-order valence-electron chi connectivity index (χ3n) is 5.10. The fourth-order valence-corrected chi connectivity index (χ4v) is 4.98. The molecule has 1 aliphatic heterocycles. The van der Waals surface area contributed by atoms with Crippen LogP contribution in [0.15, 0.2) is 108 Å². The summed E-state index contributed by atoms with van der Waals surface area (Å²) in [6.45, 7) is 1.95. The first-order valence-corrected chi connectivity index (χ1v) is 11.1. The summed E-state index contributed by atoms with van der Waals surface area (Å²) in [4.78, 5) is 0.294. The monoisotopic (exact) mass is 401 g/mol. The first-order valence-electron chi connectivity index (χ1n) is 9.63. The van der Waals surface area contributed by atoms with Gasteiger partial charge in [0, 0.05) is 6.20 Å². The quantitative estimate of drug-likeness (QED) is 0.524. The van der Waals surface area contributed by atoms with Crippen molar-refractivity contribution in [3.63, 3.8) is 0 Å². The summed E-state index contributed by atoms with van der Waals surface area (Å²) < 4.78 is 28.8. The standard InChI is InChI=1S/C25H23NO2S/c1-20-15-17-24(18-16-20)29(27,28)26-19-23(21-9-4-2-5-10-21)13-8-14-25(26)22-11-6-3-7-12-22/h2-12,14-19,25H,13H2,1H3. The molecular weight excluding hydrogens is 378 g/mol. The molecule has 0 fully saturated rings. The van der Waals surface area contributed by atoms with Gasteiger partial charge in [0.15, 0.2) is 0 Å². The molecule has 3 aromatic carbocycles. The molecule has 3 aromatic rings. The lowest BCUT2D eigenvalue weighted by Gasteiger charge is -2.28. The Kier molecular flexibility index (Phi) is 5.36. The lowest BCUT2D eigenvalue weighted by Crippen LogP contribution is -2.29. The van der Waals surface area contributed by atoms with Crippen molar-refractivity contribution in [2.45, 2.75) is 24.3 Å². The highest BCUT2D eigenvalue weighted by Gasteiger charge is 2.30. The molecule has 0 aromatic heterocycles. The molecule has 1 heterocycles. The number of hydrogen-bond acceptors (Lipinski definition) is 2. The van der Waals surface area contributed by atoms with Crippen molar-refractivity contribution in [3.8, 4) is 0 Å². The number of allylic oxidation sites excluding steroid dienone is 2. The molecule has 0 amide bonds. The van der Waals surface area contributed by atoms with Gasteiger partial charge in [-0.3, -0.25) is 4.31 Å². The highest BCUT2D eigenvalue weighted by Crippen LogP contribution is 2.35. The van der Waals surface area contributed by atoms with Gasteiger partial charge in [-0.2, -0.15) is 0 Å². The van der Waals surface area contributed by atoms with Crippen LogP contribution in [0, 0.1) is 6.92 Å². The predicted molar refractivity (Wildman–Crippen MR) is 118 cm³/mol. The Labute approximate surface area is 172 Å². The molecule has 0 N–H and O–H groups in total. The van der Waals surface area contributed by atoms with E-state index in [2.05, 4.69) is 6.08 Å². The number of rotatable bonds is 4. The third-order valence-corrected chi connectivity index (χ3v) is 6.85. The van der Waals surface area contributed by atoms with Gasteiger partial charge in [0.25, 0.3) is 10.0 Å². The molecule has 0 bridgehead atoms. The Morgan fingerprint density at radius 1 is 0.828 bits per heavy atom. The van der Waals surface area contributed by atoms with Crippen LogP contribution < -0.4 is 0 Å². The second kappa shape index (κ2) is 8.10. The van der Waals surface area contributed by atoms with Crippen LogP contribution in [-0.4, -0.2) is 12.7 Å². The van der Waals surface area contributed by atoms with Crippen LogP contribution in [0.4, 0.5) is 0 Å². The van der Waals surface area contributed by atoms with Crippen LogP contribution in [0.2, 0.25) is 0 Å². The van der Waals surface area contributed by atoms with E-state index in [0.29, 0.717) is 11.3 Å². The number of hydrogen-bond donors (Lipinski definition) is 0. The maximum absolute atomic E-state index is 13.7. The van der Waals surface area contributed by atoms with Crippen LogP contribution in [0.25, 0.3) is 5.57 Å². The van der Waals surface area contributed by atoms with E-state index in [9.17, 15) is 8.42 Å². The average Bonchev–Trinajstić information content (AvgIpc) is 2.99. The van der Waals surface area contributed by atoms with Crippen molar-refractivity contribution in [1.29, 1.82) is 0 Å². The minimum atomic E-state index is -3.73. The Bertz CT molecular complexity index is 1130. The molecule has 1 unspecified atom stereocenters. The average molecular weight is 402 g/mol. The van der Waals surface area contributed by atoms with Gasteiger partial charge in [-0.15, -0.1) is 0 Å². The Morgan fingerprint density at radius 2 is 1.45 bits per heavy atom. The van der Waals surface area contributed by atoms with Crippen molar-refractivity contribution in [2.24, 2.45) is 0 Å². The van der Waals surface area contributed by atoms with Gasteiger partial charge in [-0.25, -0.2) is 8.42 Å². The smallest absolute Gasteiger partial charge is 0.262 e. The van der Waals surface area contributed by atoms with E-state index in [1.807, 2.05) is 85.8 Å². The van der Waals surface area contributed by atoms with E-state index >= 15 is 0 Å². The maximum Gasteiger partial charge on any atom is 0.264 e. The molecule has 1 aliphatic rings. The summed E-state index contributed by atoms with van der Waals surface area (Å²) in [5, 5.41) is 0. The molecule has 0 saturated heterocycles. The molecule has 3 nitrogen and oxygen atoms in total. The van der Waals surface area contributed by atoms with E-state index in [0.717, 1.165) is 22.3 Å². The second-order valence-electron chi connectivity index (χ2n) is 7.16. The maximum atomic E-state index is 13.7. The molecule has 0 saturated carbocycles. The molecule has 4 heteroatoms. The molecule has 1 atom stereocenters. The van der Waals surface area contributed by atoms with Gasteiger partial charge in [0.1, 0.15) is 0 Å². The van der Waals surface area contributed by atoms with E-state index in [-0.39, 0.29) is 0 Å². The molecule has 0 spiro atoms. The van der Waals surface area contributed by atoms with Gasteiger partial charge in [-0.05, 0) is 42.2 Å². The van der Waals surface area contributed by atoms with Crippen molar-refractivity contribution in [1.82, 2.24) is 4.31 Å². The van der Waals surface area contributed by atoms with Crippen LogP contribution >= 0.6 is 0 Å². The van der Waals surface area contributed by atoms with Gasteiger partial charge in [0.05, 0.1) is 10.9 Å². The lowest BCUT2D eigenvalue weighted by atomic mass is 10.0. The second-order valence-corrected chi connectivity index (χ2v) is 9.00. The van der Waals surface area contributed by atoms with Crippen LogP contribution in [0.5, 0.6) is 0 Å². The van der Waals surface area contributed by atoms with Crippen molar-refractivity contribution < 1.29 is 8.42 Å². The van der Waals surface area contributed by atoms with Crippen LogP contribution in [0.3, 0.4) is 0 Å². The van der Waals surface area contributed by atoms with Crippen LogP contribution in [-0.2, 0) is 10.0 Å². The fraction of sp³-hybridized carbons (Fsp3) is 0.120. The van der Waals surface area contributed by atoms with E-state index in [1.165, 1.54) is 4.31 Å². The molecular formula is C25H23NO2S. The zero-order valence-corrected chi connectivity index (χ0v) is 17.1. The lowest BCUT2D eigenvalue weighted by molar-refractivity contribution is 0.460. The molecule has 29 heavy (non-hydrogen) atoms. The third kappa shape index (κ3) is 4.03. The van der Waals surface area contributed by atoms with Crippen molar-refractivity contribution in [2.75, 3.05) is 0 Å². The number of benzene rings is 3. The summed E-state index contributed by atoms with van der Waals surface area (Å²) in [6, 6.07) is 26.3. The highest BCUT2D eigenvalue weighted by atomic mass is 32.2. The topological polar surface area (TPSA) is 37.4 Å². The summed E-state index contributed by atoms with van der Waals surface area (Å²) >= 11 is 0. The summed E-state index contributed by atoms with van der Waals surface area (Å²) in [7, 11) is -3.73. The van der Waals surface area contributed by atoms with E-state index < -0.39 is 16.1 Å². The minimum absolute atomic E-state index is 0.294. The summed E-state index contributed by atoms with van der Waals surface area (Å²) in [6.07, 6.45) is 6.50. The zero-order chi connectivity index (χ0) is 20.3. The first-order chi connectivity index (χ1) is 14.1. The number of aryl methyl sites for hydroxylation is 1. The Balaban J connectivity index is 1.87. The SMILES string of the molecule is Cc1ccc(S(=O)(=O)N2C=C(c3ccccc3)CC=CC2c2ccccc2)cc1. The molecule has 146 valence electrons. The molecule has 0 aliphatic carbocycles. The van der Waals surface area contributed by atoms with E-state index in [1.54, 1.807) is 18.3 Å². The van der Waals surface area contributed by atoms with Crippen molar-refractivity contribution in [3.05, 3.63) is 120 Å². The van der Waals surface area contributed by atoms with E-state index in [4.69, 9.17) is 0 Å². The van der Waals surface area contributed by atoms with Gasteiger partial charge in [0.2, 0.25) is 0 Å². The van der Waals surface area contributed by atoms with Gasteiger partial charge in [-0.1, -0.05) is 90.5 Å². The van der Waals surface area contributed by atoms with Crippen LogP contribution in [0.1, 0.15) is 29.2 Å². The number of sulfonamides is 1. The predicted octanol–water partition coefficient (Wildman–Crippen LogP) is 5.73.